The normalized spacial score (nSPS) is 12.7. The Morgan fingerprint density at radius 2 is 2.12 bits per heavy atom. The van der Waals surface area contributed by atoms with Gasteiger partial charge in [0, 0.05) is 24.0 Å². The Hall–Kier alpha value is -2.15. The van der Waals surface area contributed by atoms with Crippen molar-refractivity contribution in [2.24, 2.45) is 0 Å². The monoisotopic (exact) mass is 344 g/mol. The van der Waals surface area contributed by atoms with Gasteiger partial charge < -0.3 is 19.7 Å². The van der Waals surface area contributed by atoms with Gasteiger partial charge in [0.25, 0.3) is 5.91 Å². The molecule has 0 fully saturated rings. The van der Waals surface area contributed by atoms with Gasteiger partial charge >= 0.3 is 0 Å². The molecule has 0 aliphatic rings. The van der Waals surface area contributed by atoms with Gasteiger partial charge in [-0.25, -0.2) is 0 Å². The number of carbonyl (C=O) groups excluding carboxylic acids is 1. The van der Waals surface area contributed by atoms with Gasteiger partial charge in [0.05, 0.1) is 6.10 Å². The highest BCUT2D eigenvalue weighted by atomic mass is 32.1. The van der Waals surface area contributed by atoms with Crippen molar-refractivity contribution in [1.82, 2.24) is 10.2 Å². The van der Waals surface area contributed by atoms with E-state index in [0.29, 0.717) is 17.9 Å². The van der Waals surface area contributed by atoms with Gasteiger partial charge in [-0.3, -0.25) is 4.79 Å². The van der Waals surface area contributed by atoms with Crippen molar-refractivity contribution in [2.75, 3.05) is 20.6 Å². The molecule has 1 atom stereocenters. The number of hydrogen-bond acceptors (Lipinski definition) is 5. The highest BCUT2D eigenvalue weighted by molar-refractivity contribution is 7.07. The first-order valence-corrected chi connectivity index (χ1v) is 8.64. The van der Waals surface area contributed by atoms with Crippen molar-refractivity contribution < 1.29 is 14.3 Å². The number of furan rings is 1. The number of para-hydroxylation sites is 1. The van der Waals surface area contributed by atoms with Gasteiger partial charge in [-0.05, 0) is 42.6 Å². The fourth-order valence-corrected chi connectivity index (χ4v) is 3.31. The fraction of sp³-hybridized carbons (Fsp3) is 0.278. The van der Waals surface area contributed by atoms with E-state index in [4.69, 9.17) is 4.42 Å². The van der Waals surface area contributed by atoms with Crippen LogP contribution in [0.15, 0.2) is 45.5 Å². The van der Waals surface area contributed by atoms with Crippen LogP contribution in [0.4, 0.5) is 0 Å². The Kier molecular flexibility index (Phi) is 4.99. The molecule has 0 bridgehead atoms. The average molecular weight is 344 g/mol. The zero-order chi connectivity index (χ0) is 17.1. The number of nitrogens with one attached hydrogen (secondary N) is 1. The van der Waals surface area contributed by atoms with Crippen molar-refractivity contribution in [3.63, 3.8) is 0 Å². The van der Waals surface area contributed by atoms with E-state index in [9.17, 15) is 9.90 Å². The summed E-state index contributed by atoms with van der Waals surface area (Å²) in [6.07, 6.45) is -0.720. The minimum Gasteiger partial charge on any atom is -0.451 e. The lowest BCUT2D eigenvalue weighted by Crippen LogP contribution is -2.29. The number of thiophene rings is 1. The van der Waals surface area contributed by atoms with Crippen LogP contribution in [0.3, 0.4) is 0 Å². The minimum atomic E-state index is -0.720. The second-order valence-electron chi connectivity index (χ2n) is 5.93. The van der Waals surface area contributed by atoms with Crippen LogP contribution in [0, 0.1) is 0 Å². The van der Waals surface area contributed by atoms with E-state index in [2.05, 4.69) is 5.32 Å². The maximum absolute atomic E-state index is 12.6. The molecule has 5 nitrogen and oxygen atoms in total. The van der Waals surface area contributed by atoms with Crippen molar-refractivity contribution in [1.29, 1.82) is 0 Å². The first kappa shape index (κ1) is 16.7. The van der Waals surface area contributed by atoms with Crippen molar-refractivity contribution in [3.8, 4) is 0 Å². The van der Waals surface area contributed by atoms with Crippen molar-refractivity contribution in [2.45, 2.75) is 12.6 Å². The predicted octanol–water partition coefficient (Wildman–Crippen LogP) is 3.02. The molecule has 24 heavy (non-hydrogen) atoms. The number of amides is 1. The molecule has 0 radical (unpaired) electrons. The van der Waals surface area contributed by atoms with Crippen LogP contribution in [0.1, 0.15) is 27.8 Å². The molecule has 1 amide bonds. The fourth-order valence-electron chi connectivity index (χ4n) is 2.61. The summed E-state index contributed by atoms with van der Waals surface area (Å²) in [5.74, 6) is -0.000233. The molecule has 0 spiro atoms. The number of nitrogens with zero attached hydrogens (tertiary/aromatic N) is 1. The number of benzene rings is 1. The smallest absolute Gasteiger partial charge is 0.287 e. The lowest BCUT2D eigenvalue weighted by atomic mass is 10.1. The van der Waals surface area contributed by atoms with Crippen LogP contribution in [-0.2, 0) is 6.54 Å². The van der Waals surface area contributed by atoms with Crippen molar-refractivity contribution in [3.05, 3.63) is 58.0 Å². The number of hydrogen-bond donors (Lipinski definition) is 2. The second-order valence-corrected chi connectivity index (χ2v) is 6.71. The van der Waals surface area contributed by atoms with Crippen LogP contribution in [-0.4, -0.2) is 36.6 Å². The standard InChI is InChI=1S/C18H20N2O3S/c1-20(2)10-14-13-5-3-4-6-16(13)23-17(14)18(22)19-9-15(21)12-7-8-24-11-12/h3-8,11,15,21H,9-10H2,1-2H3,(H,19,22)/t15-/m0/s1. The van der Waals surface area contributed by atoms with E-state index in [-0.39, 0.29) is 12.5 Å². The molecule has 3 aromatic rings. The van der Waals surface area contributed by atoms with Crippen LogP contribution in [0.25, 0.3) is 11.0 Å². The Bertz CT molecular complexity index is 824. The summed E-state index contributed by atoms with van der Waals surface area (Å²) in [4.78, 5) is 14.6. The van der Waals surface area contributed by atoms with Gasteiger partial charge in [-0.1, -0.05) is 18.2 Å². The van der Waals surface area contributed by atoms with E-state index in [1.165, 1.54) is 11.3 Å². The number of fused-ring (bicyclic) bond motifs is 1. The highest BCUT2D eigenvalue weighted by Crippen LogP contribution is 2.27. The first-order valence-electron chi connectivity index (χ1n) is 7.69. The average Bonchev–Trinajstić information content (AvgIpc) is 3.20. The maximum Gasteiger partial charge on any atom is 0.287 e. The summed E-state index contributed by atoms with van der Waals surface area (Å²) in [6.45, 7) is 0.751. The third-order valence-electron chi connectivity index (χ3n) is 3.76. The summed E-state index contributed by atoms with van der Waals surface area (Å²) in [6, 6.07) is 9.46. The number of aliphatic hydroxyl groups is 1. The first-order chi connectivity index (χ1) is 11.6. The summed E-state index contributed by atoms with van der Waals surface area (Å²) in [5.41, 5.74) is 2.36. The van der Waals surface area contributed by atoms with E-state index < -0.39 is 6.10 Å². The van der Waals surface area contributed by atoms with Gasteiger partial charge in [0.1, 0.15) is 5.58 Å². The summed E-state index contributed by atoms with van der Waals surface area (Å²) in [5, 5.41) is 17.6. The molecule has 2 aromatic heterocycles. The molecule has 1 aromatic carbocycles. The summed E-state index contributed by atoms with van der Waals surface area (Å²) in [7, 11) is 3.90. The number of carbonyl (C=O) groups is 1. The largest absolute Gasteiger partial charge is 0.451 e. The zero-order valence-corrected chi connectivity index (χ0v) is 14.5. The third kappa shape index (κ3) is 3.51. The summed E-state index contributed by atoms with van der Waals surface area (Å²) >= 11 is 1.51. The molecule has 0 unspecified atom stereocenters. The summed E-state index contributed by atoms with van der Waals surface area (Å²) < 4.78 is 5.77. The molecule has 3 rings (SSSR count). The SMILES string of the molecule is CN(C)Cc1c(C(=O)NC[C@H](O)c2ccsc2)oc2ccccc12. The molecule has 2 heterocycles. The minimum absolute atomic E-state index is 0.147. The Morgan fingerprint density at radius 3 is 2.83 bits per heavy atom. The molecular weight excluding hydrogens is 324 g/mol. The molecule has 6 heteroatoms. The molecule has 0 saturated heterocycles. The Morgan fingerprint density at radius 1 is 1.33 bits per heavy atom. The lowest BCUT2D eigenvalue weighted by Gasteiger charge is -2.12. The van der Waals surface area contributed by atoms with Gasteiger partial charge in [0.2, 0.25) is 0 Å². The van der Waals surface area contributed by atoms with Gasteiger partial charge in [-0.15, -0.1) is 0 Å². The predicted molar refractivity (Wildman–Crippen MR) is 95.2 cm³/mol. The molecule has 126 valence electrons. The van der Waals surface area contributed by atoms with Gasteiger partial charge in [0.15, 0.2) is 5.76 Å². The zero-order valence-electron chi connectivity index (χ0n) is 13.7. The van der Waals surface area contributed by atoms with Crippen LogP contribution >= 0.6 is 11.3 Å². The third-order valence-corrected chi connectivity index (χ3v) is 4.46. The molecule has 0 saturated carbocycles. The highest BCUT2D eigenvalue weighted by Gasteiger charge is 2.21. The molecular formula is C18H20N2O3S. The van der Waals surface area contributed by atoms with E-state index in [1.54, 1.807) is 0 Å². The van der Waals surface area contributed by atoms with Crippen LogP contribution in [0.2, 0.25) is 0 Å². The number of aliphatic hydroxyl groups excluding tert-OH is 1. The second kappa shape index (κ2) is 7.17. The molecule has 0 aliphatic heterocycles. The Balaban J connectivity index is 1.81. The topological polar surface area (TPSA) is 65.7 Å². The van der Waals surface area contributed by atoms with E-state index in [1.807, 2.05) is 60.1 Å². The molecule has 0 aliphatic carbocycles. The van der Waals surface area contributed by atoms with Crippen LogP contribution in [0.5, 0.6) is 0 Å². The van der Waals surface area contributed by atoms with E-state index in [0.717, 1.165) is 16.5 Å². The van der Waals surface area contributed by atoms with E-state index >= 15 is 0 Å². The molecule has 2 N–H and O–H groups in total. The quantitative estimate of drug-likeness (QED) is 0.721. The maximum atomic E-state index is 12.6. The van der Waals surface area contributed by atoms with Gasteiger partial charge in [-0.2, -0.15) is 11.3 Å². The lowest BCUT2D eigenvalue weighted by molar-refractivity contribution is 0.0889. The van der Waals surface area contributed by atoms with Crippen LogP contribution < -0.4 is 5.32 Å². The number of rotatable bonds is 6. The Labute approximate surface area is 144 Å². The van der Waals surface area contributed by atoms with Crippen molar-refractivity contribution >= 4 is 28.2 Å².